The number of urea groups is 1. The molecular weight excluding hydrogens is 494 g/mol. The molecule has 1 aromatic heterocycles. The lowest BCUT2D eigenvalue weighted by Gasteiger charge is -2.29. The van der Waals surface area contributed by atoms with E-state index in [2.05, 4.69) is 26.7 Å². The van der Waals surface area contributed by atoms with E-state index in [1.807, 2.05) is 6.07 Å². The molecule has 1 aliphatic heterocycles. The highest BCUT2D eigenvalue weighted by molar-refractivity contribution is 6.32. The maximum atomic E-state index is 13.5. The van der Waals surface area contributed by atoms with E-state index < -0.39 is 18.0 Å². The van der Waals surface area contributed by atoms with Crippen molar-refractivity contribution in [3.8, 4) is 11.8 Å². The van der Waals surface area contributed by atoms with Gasteiger partial charge in [-0.05, 0) is 47.5 Å². The van der Waals surface area contributed by atoms with Gasteiger partial charge in [0.2, 0.25) is 0 Å². The van der Waals surface area contributed by atoms with Gasteiger partial charge in [0, 0.05) is 0 Å². The molecule has 0 saturated carbocycles. The molecule has 0 spiro atoms. The number of esters is 1. The Kier molecular flexibility index (Phi) is 6.74. The van der Waals surface area contributed by atoms with Gasteiger partial charge in [-0.1, -0.05) is 41.9 Å². The maximum Gasteiger partial charge on any atom is 0.338 e. The first-order valence-corrected chi connectivity index (χ1v) is 11.7. The molecule has 0 fully saturated rings. The number of H-pyrrole nitrogens is 1. The first kappa shape index (κ1) is 23.9. The summed E-state index contributed by atoms with van der Waals surface area (Å²) in [7, 11) is 0. The third-order valence-corrected chi connectivity index (χ3v) is 6.10. The Hall–Kier alpha value is -4.81. The van der Waals surface area contributed by atoms with Crippen LogP contribution in [0.2, 0.25) is 5.02 Å². The number of benzene rings is 3. The molecule has 1 aliphatic rings. The number of carbonyl (C=O) groups is 2. The summed E-state index contributed by atoms with van der Waals surface area (Å²) in [4.78, 5) is 33.4. The fourth-order valence-electron chi connectivity index (χ4n) is 4.02. The van der Waals surface area contributed by atoms with Crippen LogP contribution in [0.1, 0.15) is 22.7 Å². The van der Waals surface area contributed by atoms with Crippen LogP contribution in [0.5, 0.6) is 5.75 Å². The van der Waals surface area contributed by atoms with Crippen LogP contribution in [0.4, 0.5) is 4.79 Å². The number of halogens is 1. The lowest BCUT2D eigenvalue weighted by Crippen LogP contribution is -2.47. The number of ether oxygens (including phenoxy) is 2. The highest BCUT2D eigenvalue weighted by atomic mass is 35.5. The van der Waals surface area contributed by atoms with Crippen LogP contribution in [0.3, 0.4) is 0 Å². The topological polar surface area (TPSA) is 129 Å². The van der Waals surface area contributed by atoms with E-state index in [1.165, 1.54) is 0 Å². The minimum absolute atomic E-state index is 0.0588. The minimum atomic E-state index is -0.816. The van der Waals surface area contributed by atoms with Gasteiger partial charge in [0.15, 0.2) is 0 Å². The van der Waals surface area contributed by atoms with E-state index in [-0.39, 0.29) is 24.5 Å². The number of amides is 2. The Morgan fingerprint density at radius 3 is 2.78 bits per heavy atom. The van der Waals surface area contributed by atoms with Gasteiger partial charge in [0.05, 0.1) is 51.3 Å². The smallest absolute Gasteiger partial charge is 0.338 e. The van der Waals surface area contributed by atoms with Gasteiger partial charge in [-0.15, -0.1) is 0 Å². The molecule has 37 heavy (non-hydrogen) atoms. The quantitative estimate of drug-likeness (QED) is 0.312. The highest BCUT2D eigenvalue weighted by Gasteiger charge is 2.34. The molecule has 3 N–H and O–H groups in total. The first-order valence-electron chi connectivity index (χ1n) is 11.3. The SMILES string of the molecule is N#Cc1cccc(COC(=O)C2=C(COc3ccccc3Cl)NC(=O)NC2c2ccc3nc[nH]c3c2)c1. The zero-order chi connectivity index (χ0) is 25.8. The van der Waals surface area contributed by atoms with E-state index in [0.717, 1.165) is 11.0 Å². The van der Waals surface area contributed by atoms with Gasteiger partial charge < -0.3 is 25.1 Å². The van der Waals surface area contributed by atoms with Gasteiger partial charge >= 0.3 is 12.0 Å². The number of carbonyl (C=O) groups excluding carboxylic acids is 2. The molecule has 2 amide bonds. The van der Waals surface area contributed by atoms with Crippen LogP contribution in [0.25, 0.3) is 11.0 Å². The fraction of sp³-hybridized carbons (Fsp3) is 0.111. The van der Waals surface area contributed by atoms with Crippen molar-refractivity contribution >= 4 is 34.6 Å². The third kappa shape index (κ3) is 5.24. The number of rotatable bonds is 7. The normalized spacial score (nSPS) is 15.0. The molecule has 3 aromatic carbocycles. The molecule has 4 aromatic rings. The zero-order valence-corrected chi connectivity index (χ0v) is 20.1. The van der Waals surface area contributed by atoms with Gasteiger partial charge in [-0.2, -0.15) is 5.26 Å². The maximum absolute atomic E-state index is 13.5. The number of hydrogen-bond acceptors (Lipinski definition) is 6. The first-order chi connectivity index (χ1) is 18.0. The van der Waals surface area contributed by atoms with Crippen LogP contribution in [0.15, 0.2) is 84.3 Å². The average Bonchev–Trinajstić information content (AvgIpc) is 3.39. The molecule has 0 saturated heterocycles. The predicted octanol–water partition coefficient (Wildman–Crippen LogP) is 4.52. The van der Waals surface area contributed by atoms with E-state index >= 15 is 0 Å². The number of para-hydroxylation sites is 1. The second-order valence-electron chi connectivity index (χ2n) is 8.21. The number of aromatic nitrogens is 2. The van der Waals surface area contributed by atoms with Crippen molar-refractivity contribution in [3.05, 3.63) is 106 Å². The Morgan fingerprint density at radius 1 is 1.08 bits per heavy atom. The summed E-state index contributed by atoms with van der Waals surface area (Å²) < 4.78 is 11.5. The molecule has 1 atom stereocenters. The zero-order valence-electron chi connectivity index (χ0n) is 19.3. The third-order valence-electron chi connectivity index (χ3n) is 5.79. The number of fused-ring (bicyclic) bond motifs is 1. The Bertz CT molecular complexity index is 1570. The second kappa shape index (κ2) is 10.4. The van der Waals surface area contributed by atoms with Crippen LogP contribution >= 0.6 is 11.6 Å². The molecule has 5 rings (SSSR count). The standard InChI is InChI=1S/C27H20ClN5O4/c28-19-6-1-2-7-23(19)36-14-22-24(26(34)37-13-17-5-3-4-16(10-17)12-29)25(33-27(35)32-22)18-8-9-20-21(11-18)31-15-30-20/h1-11,15,25H,13-14H2,(H,30,31)(H2,32,33,35). The monoisotopic (exact) mass is 513 g/mol. The second-order valence-corrected chi connectivity index (χ2v) is 8.62. The molecule has 0 bridgehead atoms. The highest BCUT2D eigenvalue weighted by Crippen LogP contribution is 2.31. The van der Waals surface area contributed by atoms with Gasteiger partial charge in [0.1, 0.15) is 19.0 Å². The summed E-state index contributed by atoms with van der Waals surface area (Å²) >= 11 is 6.22. The van der Waals surface area contributed by atoms with Crippen molar-refractivity contribution in [2.75, 3.05) is 6.61 Å². The van der Waals surface area contributed by atoms with Crippen LogP contribution in [-0.2, 0) is 16.1 Å². The number of nitriles is 1. The predicted molar refractivity (Wildman–Crippen MR) is 135 cm³/mol. The molecule has 184 valence electrons. The Balaban J connectivity index is 1.49. The summed E-state index contributed by atoms with van der Waals surface area (Å²) in [5, 5.41) is 15.0. The van der Waals surface area contributed by atoms with Crippen LogP contribution in [-0.4, -0.2) is 28.6 Å². The molecular formula is C27H20ClN5O4. The number of aromatic amines is 1. The van der Waals surface area contributed by atoms with E-state index in [9.17, 15) is 9.59 Å². The van der Waals surface area contributed by atoms with E-state index in [1.54, 1.807) is 67.0 Å². The van der Waals surface area contributed by atoms with E-state index in [4.69, 9.17) is 26.3 Å². The Morgan fingerprint density at radius 2 is 1.95 bits per heavy atom. The van der Waals surface area contributed by atoms with E-state index in [0.29, 0.717) is 27.5 Å². The van der Waals surface area contributed by atoms with Gasteiger partial charge in [0.25, 0.3) is 0 Å². The van der Waals surface area contributed by atoms with Crippen molar-refractivity contribution in [3.63, 3.8) is 0 Å². The number of hydrogen-bond donors (Lipinski definition) is 3. The van der Waals surface area contributed by atoms with Crippen molar-refractivity contribution < 1.29 is 19.1 Å². The average molecular weight is 514 g/mol. The molecule has 1 unspecified atom stereocenters. The van der Waals surface area contributed by atoms with Gasteiger partial charge in [-0.25, -0.2) is 14.6 Å². The number of nitrogens with zero attached hydrogens (tertiary/aromatic N) is 2. The number of nitrogens with one attached hydrogen (secondary N) is 3. The fourth-order valence-corrected chi connectivity index (χ4v) is 4.21. The Labute approximate surface area is 216 Å². The summed E-state index contributed by atoms with van der Waals surface area (Å²) in [6, 6.07) is 19.9. The van der Waals surface area contributed by atoms with Crippen LogP contribution < -0.4 is 15.4 Å². The molecule has 0 radical (unpaired) electrons. The van der Waals surface area contributed by atoms with Crippen molar-refractivity contribution in [1.29, 1.82) is 5.26 Å². The van der Waals surface area contributed by atoms with Crippen molar-refractivity contribution in [2.24, 2.45) is 0 Å². The summed E-state index contributed by atoms with van der Waals surface area (Å²) in [5.41, 5.74) is 3.69. The molecule has 2 heterocycles. The molecule has 9 nitrogen and oxygen atoms in total. The minimum Gasteiger partial charge on any atom is -0.486 e. The lowest BCUT2D eigenvalue weighted by molar-refractivity contribution is -0.140. The number of imidazole rings is 1. The van der Waals surface area contributed by atoms with Crippen LogP contribution in [0, 0.1) is 11.3 Å². The lowest BCUT2D eigenvalue weighted by atomic mass is 9.95. The van der Waals surface area contributed by atoms with Crippen molar-refractivity contribution in [2.45, 2.75) is 12.6 Å². The summed E-state index contributed by atoms with van der Waals surface area (Å²) in [6.45, 7) is -0.189. The summed E-state index contributed by atoms with van der Waals surface area (Å²) in [6.07, 6.45) is 1.57. The molecule has 10 heteroatoms. The summed E-state index contributed by atoms with van der Waals surface area (Å²) in [5.74, 6) is -0.247. The van der Waals surface area contributed by atoms with Crippen molar-refractivity contribution in [1.82, 2.24) is 20.6 Å². The largest absolute Gasteiger partial charge is 0.486 e. The molecule has 0 aliphatic carbocycles. The van der Waals surface area contributed by atoms with Gasteiger partial charge in [-0.3, -0.25) is 0 Å².